The van der Waals surface area contributed by atoms with Crippen LogP contribution in [0.4, 0.5) is 0 Å². The fourth-order valence-electron chi connectivity index (χ4n) is 2.35. The van der Waals surface area contributed by atoms with E-state index in [1.165, 1.54) is 6.26 Å². The molecule has 3 rings (SSSR count). The molecule has 0 fully saturated rings. The van der Waals surface area contributed by atoms with E-state index in [0.29, 0.717) is 11.3 Å². The number of hydrogen-bond acceptors (Lipinski definition) is 4. The zero-order chi connectivity index (χ0) is 16.4. The minimum absolute atomic E-state index is 0.321. The fraction of sp³-hybridized carbons (Fsp3) is 0.176. The van der Waals surface area contributed by atoms with Gasteiger partial charge >= 0.3 is 0 Å². The Labute approximate surface area is 135 Å². The van der Waals surface area contributed by atoms with Gasteiger partial charge in [0.05, 0.1) is 22.5 Å². The second-order valence-electron chi connectivity index (χ2n) is 5.50. The van der Waals surface area contributed by atoms with E-state index in [2.05, 4.69) is 15.0 Å². The third-order valence-corrected chi connectivity index (χ3v) is 4.60. The molecule has 0 radical (unpaired) electrons. The van der Waals surface area contributed by atoms with Gasteiger partial charge in [-0.05, 0) is 36.8 Å². The van der Waals surface area contributed by atoms with Crippen LogP contribution < -0.4 is 0 Å². The van der Waals surface area contributed by atoms with E-state index in [0.717, 1.165) is 28.5 Å². The van der Waals surface area contributed by atoms with Gasteiger partial charge in [-0.3, -0.25) is 4.98 Å². The number of hydrogen-bond donors (Lipinski definition) is 1. The summed E-state index contributed by atoms with van der Waals surface area (Å²) in [4.78, 5) is 12.4. The first-order valence-corrected chi connectivity index (χ1v) is 9.08. The number of aryl methyl sites for hydroxylation is 1. The van der Waals surface area contributed by atoms with Crippen LogP contribution in [0.1, 0.15) is 17.1 Å². The van der Waals surface area contributed by atoms with Gasteiger partial charge in [0.1, 0.15) is 5.82 Å². The van der Waals surface area contributed by atoms with Crippen molar-refractivity contribution in [2.24, 2.45) is 0 Å². The molecule has 0 unspecified atom stereocenters. The monoisotopic (exact) mass is 327 g/mol. The quantitative estimate of drug-likeness (QED) is 0.799. The Morgan fingerprint density at radius 3 is 2.65 bits per heavy atom. The van der Waals surface area contributed by atoms with Gasteiger partial charge in [0, 0.05) is 18.4 Å². The van der Waals surface area contributed by atoms with E-state index in [1.807, 2.05) is 31.2 Å². The molecule has 6 heteroatoms. The molecule has 0 aliphatic heterocycles. The van der Waals surface area contributed by atoms with Crippen LogP contribution in [0.2, 0.25) is 0 Å². The van der Waals surface area contributed by atoms with Crippen LogP contribution in [-0.2, 0) is 16.3 Å². The number of pyridine rings is 1. The molecule has 0 saturated carbocycles. The van der Waals surface area contributed by atoms with E-state index < -0.39 is 9.84 Å². The number of imidazole rings is 1. The normalized spacial score (nSPS) is 11.6. The fourth-order valence-corrected chi connectivity index (χ4v) is 3.05. The summed E-state index contributed by atoms with van der Waals surface area (Å²) in [5.41, 5.74) is 3.53. The SMILES string of the molecule is Cc1cccc(-c2cnc(Cc3cccc(S(C)(=O)=O)c3)[nH]2)n1. The molecular formula is C17H17N3O2S. The molecule has 5 nitrogen and oxygen atoms in total. The second-order valence-corrected chi connectivity index (χ2v) is 7.52. The van der Waals surface area contributed by atoms with E-state index in [9.17, 15) is 8.42 Å². The number of sulfone groups is 1. The minimum Gasteiger partial charge on any atom is -0.340 e. The average molecular weight is 327 g/mol. The summed E-state index contributed by atoms with van der Waals surface area (Å²) < 4.78 is 23.3. The van der Waals surface area contributed by atoms with Crippen molar-refractivity contribution >= 4 is 9.84 Å². The highest BCUT2D eigenvalue weighted by Crippen LogP contribution is 2.17. The molecule has 1 N–H and O–H groups in total. The molecule has 0 saturated heterocycles. The molecule has 2 heterocycles. The summed E-state index contributed by atoms with van der Waals surface area (Å²) in [6.45, 7) is 1.94. The summed E-state index contributed by atoms with van der Waals surface area (Å²) in [7, 11) is -3.20. The Kier molecular flexibility index (Phi) is 4.00. The predicted molar refractivity (Wildman–Crippen MR) is 88.9 cm³/mol. The largest absolute Gasteiger partial charge is 0.340 e. The Hall–Kier alpha value is -2.47. The lowest BCUT2D eigenvalue weighted by Gasteiger charge is -2.02. The van der Waals surface area contributed by atoms with Crippen LogP contribution in [0.15, 0.2) is 53.6 Å². The van der Waals surface area contributed by atoms with Crippen LogP contribution in [0.5, 0.6) is 0 Å². The molecule has 0 aliphatic rings. The Bertz CT molecular complexity index is 946. The first-order valence-electron chi connectivity index (χ1n) is 7.19. The van der Waals surface area contributed by atoms with Gasteiger partial charge in [-0.2, -0.15) is 0 Å². The highest BCUT2D eigenvalue weighted by molar-refractivity contribution is 7.90. The summed E-state index contributed by atoms with van der Waals surface area (Å²) in [6.07, 6.45) is 3.49. The lowest BCUT2D eigenvalue weighted by molar-refractivity contribution is 0.601. The maximum atomic E-state index is 11.6. The van der Waals surface area contributed by atoms with Crippen molar-refractivity contribution < 1.29 is 8.42 Å². The lowest BCUT2D eigenvalue weighted by atomic mass is 10.1. The van der Waals surface area contributed by atoms with Gasteiger partial charge < -0.3 is 4.98 Å². The minimum atomic E-state index is -3.20. The second kappa shape index (κ2) is 5.96. The smallest absolute Gasteiger partial charge is 0.175 e. The molecule has 0 atom stereocenters. The zero-order valence-corrected chi connectivity index (χ0v) is 13.8. The van der Waals surface area contributed by atoms with Crippen LogP contribution in [0, 0.1) is 6.92 Å². The van der Waals surface area contributed by atoms with Crippen LogP contribution in [-0.4, -0.2) is 29.6 Å². The third kappa shape index (κ3) is 3.65. The number of nitrogens with zero attached hydrogens (tertiary/aromatic N) is 2. The van der Waals surface area contributed by atoms with Crippen molar-refractivity contribution in [3.8, 4) is 11.4 Å². The van der Waals surface area contributed by atoms with E-state index in [-0.39, 0.29) is 0 Å². The Morgan fingerprint density at radius 2 is 1.91 bits per heavy atom. The standard InChI is InChI=1S/C17H17N3O2S/c1-12-5-3-8-15(19-12)16-11-18-17(20-16)10-13-6-4-7-14(9-13)23(2,21)22/h3-9,11H,10H2,1-2H3,(H,18,20). The maximum Gasteiger partial charge on any atom is 0.175 e. The molecular weight excluding hydrogens is 310 g/mol. The molecule has 0 spiro atoms. The Morgan fingerprint density at radius 1 is 1.13 bits per heavy atom. The molecule has 2 aromatic heterocycles. The van der Waals surface area contributed by atoms with Gasteiger partial charge in [0.2, 0.25) is 0 Å². The van der Waals surface area contributed by atoms with Gasteiger partial charge in [-0.1, -0.05) is 18.2 Å². The number of nitrogens with one attached hydrogen (secondary N) is 1. The molecule has 0 aliphatic carbocycles. The average Bonchev–Trinajstić information content (AvgIpc) is 2.95. The van der Waals surface area contributed by atoms with E-state index >= 15 is 0 Å². The third-order valence-electron chi connectivity index (χ3n) is 3.49. The van der Waals surface area contributed by atoms with Crippen LogP contribution in [0.25, 0.3) is 11.4 Å². The van der Waals surface area contributed by atoms with E-state index in [1.54, 1.807) is 24.4 Å². The summed E-state index contributed by atoms with van der Waals surface area (Å²) in [5.74, 6) is 0.772. The van der Waals surface area contributed by atoms with Crippen molar-refractivity contribution in [1.82, 2.24) is 15.0 Å². The number of aromatic amines is 1. The molecule has 1 aromatic carbocycles. The van der Waals surface area contributed by atoms with Crippen molar-refractivity contribution in [2.75, 3.05) is 6.26 Å². The Balaban J connectivity index is 1.85. The van der Waals surface area contributed by atoms with Gasteiger partial charge in [-0.25, -0.2) is 13.4 Å². The molecule has 23 heavy (non-hydrogen) atoms. The molecule has 118 valence electrons. The first-order chi connectivity index (χ1) is 10.9. The summed E-state index contributed by atoms with van der Waals surface area (Å²) in [5, 5.41) is 0. The van der Waals surface area contributed by atoms with Crippen molar-refractivity contribution in [3.63, 3.8) is 0 Å². The van der Waals surface area contributed by atoms with Gasteiger partial charge in [-0.15, -0.1) is 0 Å². The van der Waals surface area contributed by atoms with Crippen LogP contribution >= 0.6 is 0 Å². The van der Waals surface area contributed by atoms with Crippen molar-refractivity contribution in [1.29, 1.82) is 0 Å². The lowest BCUT2D eigenvalue weighted by Crippen LogP contribution is -1.99. The molecule has 3 aromatic rings. The number of benzene rings is 1. The predicted octanol–water partition coefficient (Wildman–Crippen LogP) is 2.77. The number of rotatable bonds is 4. The number of aromatic nitrogens is 3. The highest BCUT2D eigenvalue weighted by atomic mass is 32.2. The number of H-pyrrole nitrogens is 1. The summed E-state index contributed by atoms with van der Waals surface area (Å²) >= 11 is 0. The zero-order valence-electron chi connectivity index (χ0n) is 12.9. The van der Waals surface area contributed by atoms with Gasteiger partial charge in [0.15, 0.2) is 9.84 Å². The first kappa shape index (κ1) is 15.4. The van der Waals surface area contributed by atoms with Crippen molar-refractivity contribution in [3.05, 3.63) is 65.7 Å². The molecule has 0 bridgehead atoms. The molecule has 0 amide bonds. The van der Waals surface area contributed by atoms with E-state index in [4.69, 9.17) is 0 Å². The van der Waals surface area contributed by atoms with Crippen molar-refractivity contribution in [2.45, 2.75) is 18.2 Å². The maximum absolute atomic E-state index is 11.6. The topological polar surface area (TPSA) is 75.7 Å². The van der Waals surface area contributed by atoms with Gasteiger partial charge in [0.25, 0.3) is 0 Å². The summed E-state index contributed by atoms with van der Waals surface area (Å²) in [6, 6.07) is 12.7. The van der Waals surface area contributed by atoms with Crippen LogP contribution in [0.3, 0.4) is 0 Å². The highest BCUT2D eigenvalue weighted by Gasteiger charge is 2.09.